The van der Waals surface area contributed by atoms with E-state index in [0.29, 0.717) is 17.1 Å². The van der Waals surface area contributed by atoms with E-state index in [1.54, 1.807) is 30.5 Å². The Morgan fingerprint density at radius 2 is 1.85 bits per heavy atom. The first-order valence-corrected chi connectivity index (χ1v) is 7.16. The Balaban J connectivity index is 2.01. The number of halogens is 2. The van der Waals surface area contributed by atoms with Crippen LogP contribution in [0, 0.1) is 0 Å². The summed E-state index contributed by atoms with van der Waals surface area (Å²) in [6.07, 6.45) is 1.65. The molecule has 2 aromatic heterocycles. The molecule has 0 aliphatic carbocycles. The fourth-order valence-electron chi connectivity index (χ4n) is 1.62. The number of nitrogens with zero attached hydrogens (tertiary/aromatic N) is 3. The molecule has 0 spiro atoms. The van der Waals surface area contributed by atoms with E-state index >= 15 is 0 Å². The van der Waals surface area contributed by atoms with Crippen LogP contribution >= 0.6 is 31.9 Å². The van der Waals surface area contributed by atoms with Crippen molar-refractivity contribution in [1.29, 1.82) is 0 Å². The molecule has 0 aliphatic rings. The monoisotopic (exact) mass is 395 g/mol. The molecular weight excluding hydrogens is 390 g/mol. The van der Waals surface area contributed by atoms with E-state index in [0.717, 1.165) is 8.95 Å². The molecule has 1 aromatic carbocycles. The number of rotatable bonds is 2. The minimum absolute atomic E-state index is 0.0761. The molecule has 0 saturated carbocycles. The summed E-state index contributed by atoms with van der Waals surface area (Å²) in [6.45, 7) is 0. The molecule has 20 heavy (non-hydrogen) atoms. The maximum atomic E-state index is 9.83. The molecule has 2 heterocycles. The van der Waals surface area contributed by atoms with Gasteiger partial charge >= 0.3 is 0 Å². The van der Waals surface area contributed by atoms with Crippen LogP contribution in [0.1, 0.15) is 0 Å². The van der Waals surface area contributed by atoms with Gasteiger partial charge in [-0.2, -0.15) is 4.98 Å². The van der Waals surface area contributed by atoms with E-state index in [4.69, 9.17) is 4.52 Å². The standard InChI is InChI=1S/C13H7Br2N3O2/c14-7-2-4-11(19)9(5-7)13-17-12(18-20-13)10-3-1-8(15)6-16-10/h1-6,19H. The highest BCUT2D eigenvalue weighted by Crippen LogP contribution is 2.31. The lowest BCUT2D eigenvalue weighted by molar-refractivity contribution is 0.425. The predicted octanol–water partition coefficient (Wildman–Crippen LogP) is 4.03. The molecule has 0 atom stereocenters. The number of pyridine rings is 1. The van der Waals surface area contributed by atoms with Crippen molar-refractivity contribution in [2.45, 2.75) is 0 Å². The van der Waals surface area contributed by atoms with Crippen LogP contribution < -0.4 is 0 Å². The van der Waals surface area contributed by atoms with Crippen LogP contribution in [-0.4, -0.2) is 20.2 Å². The highest BCUT2D eigenvalue weighted by atomic mass is 79.9. The van der Waals surface area contributed by atoms with Crippen LogP contribution in [0.2, 0.25) is 0 Å². The zero-order valence-corrected chi connectivity index (χ0v) is 13.1. The van der Waals surface area contributed by atoms with E-state index in [2.05, 4.69) is 47.0 Å². The normalized spacial score (nSPS) is 10.7. The van der Waals surface area contributed by atoms with Gasteiger partial charge in [-0.25, -0.2) is 0 Å². The van der Waals surface area contributed by atoms with E-state index in [1.165, 1.54) is 0 Å². The lowest BCUT2D eigenvalue weighted by Gasteiger charge is -1.99. The van der Waals surface area contributed by atoms with Crippen molar-refractivity contribution in [2.24, 2.45) is 0 Å². The summed E-state index contributed by atoms with van der Waals surface area (Å²) in [4.78, 5) is 8.44. The number of hydrogen-bond donors (Lipinski definition) is 1. The molecule has 1 N–H and O–H groups in total. The summed E-state index contributed by atoms with van der Waals surface area (Å²) in [7, 11) is 0. The molecule has 0 saturated heterocycles. The van der Waals surface area contributed by atoms with Gasteiger partial charge in [-0.05, 0) is 46.3 Å². The fourth-order valence-corrected chi connectivity index (χ4v) is 2.22. The number of aromatic nitrogens is 3. The summed E-state index contributed by atoms with van der Waals surface area (Å²) in [5.74, 6) is 0.683. The second-order valence-electron chi connectivity index (χ2n) is 3.95. The number of benzene rings is 1. The van der Waals surface area contributed by atoms with Crippen LogP contribution in [0.5, 0.6) is 5.75 Å². The number of aromatic hydroxyl groups is 1. The van der Waals surface area contributed by atoms with Crippen LogP contribution in [0.25, 0.3) is 23.0 Å². The van der Waals surface area contributed by atoms with E-state index in [9.17, 15) is 5.11 Å². The maximum Gasteiger partial charge on any atom is 0.262 e. The van der Waals surface area contributed by atoms with Crippen molar-refractivity contribution in [3.63, 3.8) is 0 Å². The minimum Gasteiger partial charge on any atom is -0.507 e. The van der Waals surface area contributed by atoms with Crippen LogP contribution in [-0.2, 0) is 0 Å². The van der Waals surface area contributed by atoms with Crippen molar-refractivity contribution in [3.8, 4) is 28.7 Å². The van der Waals surface area contributed by atoms with Gasteiger partial charge in [-0.3, -0.25) is 4.98 Å². The molecule has 0 unspecified atom stereocenters. The molecule has 3 aromatic rings. The lowest BCUT2D eigenvalue weighted by Crippen LogP contribution is -1.85. The van der Waals surface area contributed by atoms with Gasteiger partial charge in [0, 0.05) is 15.1 Å². The molecule has 5 nitrogen and oxygen atoms in total. The van der Waals surface area contributed by atoms with Crippen LogP contribution in [0.3, 0.4) is 0 Å². The topological polar surface area (TPSA) is 72.0 Å². The van der Waals surface area contributed by atoms with Crippen molar-refractivity contribution in [1.82, 2.24) is 15.1 Å². The van der Waals surface area contributed by atoms with Crippen LogP contribution in [0.4, 0.5) is 0 Å². The highest BCUT2D eigenvalue weighted by molar-refractivity contribution is 9.10. The highest BCUT2D eigenvalue weighted by Gasteiger charge is 2.15. The van der Waals surface area contributed by atoms with Crippen LogP contribution in [0.15, 0.2) is 50.0 Å². The molecule has 0 amide bonds. The third-order valence-electron chi connectivity index (χ3n) is 2.57. The lowest BCUT2D eigenvalue weighted by atomic mass is 10.2. The first kappa shape index (κ1) is 13.3. The van der Waals surface area contributed by atoms with Gasteiger partial charge in [-0.1, -0.05) is 21.1 Å². The Labute approximate surface area is 130 Å². The SMILES string of the molecule is Oc1ccc(Br)cc1-c1nc(-c2ccc(Br)cn2)no1. The van der Waals surface area contributed by atoms with E-state index < -0.39 is 0 Å². The van der Waals surface area contributed by atoms with E-state index in [-0.39, 0.29) is 11.6 Å². The van der Waals surface area contributed by atoms with Crippen molar-refractivity contribution in [2.75, 3.05) is 0 Å². The van der Waals surface area contributed by atoms with Gasteiger partial charge < -0.3 is 9.63 Å². The minimum atomic E-state index is 0.0761. The average molecular weight is 397 g/mol. The summed E-state index contributed by atoms with van der Waals surface area (Å²) >= 11 is 6.65. The second-order valence-corrected chi connectivity index (χ2v) is 5.78. The average Bonchev–Trinajstić information content (AvgIpc) is 2.92. The van der Waals surface area contributed by atoms with Crippen molar-refractivity contribution in [3.05, 3.63) is 45.5 Å². The third-order valence-corrected chi connectivity index (χ3v) is 3.53. The smallest absolute Gasteiger partial charge is 0.262 e. The second kappa shape index (κ2) is 5.34. The molecule has 0 fully saturated rings. The Morgan fingerprint density at radius 1 is 1.05 bits per heavy atom. The Kier molecular flexibility index (Phi) is 3.54. The first-order chi connectivity index (χ1) is 9.63. The van der Waals surface area contributed by atoms with Gasteiger partial charge in [0.05, 0.1) is 5.56 Å². The first-order valence-electron chi connectivity index (χ1n) is 5.58. The quantitative estimate of drug-likeness (QED) is 0.707. The third kappa shape index (κ3) is 2.59. The Bertz CT molecular complexity index is 757. The molecular formula is C13H7Br2N3O2. The van der Waals surface area contributed by atoms with Gasteiger partial charge in [0.2, 0.25) is 5.82 Å². The molecule has 0 bridgehead atoms. The van der Waals surface area contributed by atoms with Crippen molar-refractivity contribution < 1.29 is 9.63 Å². The molecule has 7 heteroatoms. The van der Waals surface area contributed by atoms with Gasteiger partial charge in [-0.15, -0.1) is 0 Å². The molecule has 0 radical (unpaired) electrons. The summed E-state index contributed by atoms with van der Waals surface area (Å²) in [5.41, 5.74) is 1.06. The Hall–Kier alpha value is -1.73. The summed E-state index contributed by atoms with van der Waals surface area (Å²) in [5, 5.41) is 13.7. The van der Waals surface area contributed by atoms with Gasteiger partial charge in [0.25, 0.3) is 5.89 Å². The predicted molar refractivity (Wildman–Crippen MR) is 80.0 cm³/mol. The summed E-state index contributed by atoms with van der Waals surface area (Å²) < 4.78 is 6.86. The molecule has 3 rings (SSSR count). The number of phenols is 1. The molecule has 100 valence electrons. The zero-order valence-electron chi connectivity index (χ0n) is 9.92. The largest absolute Gasteiger partial charge is 0.507 e. The summed E-state index contributed by atoms with van der Waals surface area (Å²) in [6, 6.07) is 8.61. The van der Waals surface area contributed by atoms with E-state index in [1.807, 2.05) is 6.07 Å². The fraction of sp³-hybridized carbons (Fsp3) is 0. The Morgan fingerprint density at radius 3 is 2.60 bits per heavy atom. The molecule has 0 aliphatic heterocycles. The number of hydrogen-bond acceptors (Lipinski definition) is 5. The van der Waals surface area contributed by atoms with Gasteiger partial charge in [0.15, 0.2) is 0 Å². The van der Waals surface area contributed by atoms with Crippen molar-refractivity contribution >= 4 is 31.9 Å². The maximum absolute atomic E-state index is 9.83. The van der Waals surface area contributed by atoms with Gasteiger partial charge in [0.1, 0.15) is 11.4 Å². The zero-order chi connectivity index (χ0) is 14.1. The number of phenolic OH excluding ortho intramolecular Hbond substituents is 1.